The third-order valence-electron chi connectivity index (χ3n) is 4.04. The van der Waals surface area contributed by atoms with Gasteiger partial charge in [0.2, 0.25) is 5.91 Å². The van der Waals surface area contributed by atoms with Crippen LogP contribution in [0.4, 0.5) is 0 Å². The fraction of sp³-hybridized carbons (Fsp3) is 0.263. The molecule has 0 aliphatic rings. The van der Waals surface area contributed by atoms with Crippen LogP contribution < -0.4 is 5.32 Å². The molecule has 0 radical (unpaired) electrons. The number of nitrogens with one attached hydrogen (secondary N) is 1. The highest BCUT2D eigenvalue weighted by molar-refractivity contribution is 5.78. The Balaban J connectivity index is 1.93. The van der Waals surface area contributed by atoms with Crippen LogP contribution in [0.1, 0.15) is 17.0 Å². The zero-order chi connectivity index (χ0) is 16.9. The summed E-state index contributed by atoms with van der Waals surface area (Å²) in [6.07, 6.45) is 0. The maximum atomic E-state index is 11.7. The number of rotatable bonds is 6. The molecule has 5 heteroatoms. The van der Waals surface area contributed by atoms with E-state index < -0.39 is 0 Å². The molecule has 0 fully saturated rings. The Morgan fingerprint density at radius 2 is 1.92 bits per heavy atom. The van der Waals surface area contributed by atoms with Crippen molar-refractivity contribution in [2.45, 2.75) is 20.0 Å². The van der Waals surface area contributed by atoms with Gasteiger partial charge in [0.15, 0.2) is 0 Å². The fourth-order valence-electron chi connectivity index (χ4n) is 2.75. The zero-order valence-corrected chi connectivity index (χ0v) is 14.0. The number of nitrogens with zero attached hydrogens (tertiary/aromatic N) is 2. The van der Waals surface area contributed by atoms with E-state index in [9.17, 15) is 4.79 Å². The van der Waals surface area contributed by atoms with Gasteiger partial charge in [-0.1, -0.05) is 36.4 Å². The van der Waals surface area contributed by atoms with Gasteiger partial charge in [-0.2, -0.15) is 0 Å². The minimum atomic E-state index is -0.146. The molecule has 0 aliphatic carbocycles. The van der Waals surface area contributed by atoms with E-state index in [1.165, 1.54) is 18.2 Å². The molecule has 0 spiro atoms. The molecule has 0 bridgehead atoms. The van der Waals surface area contributed by atoms with Crippen LogP contribution in [-0.4, -0.2) is 29.2 Å². The predicted octanol–water partition coefficient (Wildman–Crippen LogP) is 2.66. The standard InChI is InChI=1S/C19H21N3O2/c1-14-7-3-4-8-15(14)12-22-17-10-6-5-9-16(17)21-18(22)11-20-19(23)13-24-2/h3-10H,11-13H2,1-2H3,(H,20,23). The largest absolute Gasteiger partial charge is 0.375 e. The van der Waals surface area contributed by atoms with Crippen molar-refractivity contribution in [2.75, 3.05) is 13.7 Å². The number of para-hydroxylation sites is 2. The van der Waals surface area contributed by atoms with Crippen LogP contribution in [0.2, 0.25) is 0 Å². The second-order valence-corrected chi connectivity index (χ2v) is 5.74. The van der Waals surface area contributed by atoms with Gasteiger partial charge in [-0.05, 0) is 30.2 Å². The summed E-state index contributed by atoms with van der Waals surface area (Å²) in [6.45, 7) is 3.26. The van der Waals surface area contributed by atoms with Crippen molar-refractivity contribution in [3.05, 3.63) is 65.5 Å². The van der Waals surface area contributed by atoms with Gasteiger partial charge in [0, 0.05) is 13.7 Å². The first-order valence-corrected chi connectivity index (χ1v) is 7.93. The highest BCUT2D eigenvalue weighted by atomic mass is 16.5. The molecule has 0 atom stereocenters. The van der Waals surface area contributed by atoms with Gasteiger partial charge in [-0.3, -0.25) is 4.79 Å². The quantitative estimate of drug-likeness (QED) is 0.759. The summed E-state index contributed by atoms with van der Waals surface area (Å²) in [4.78, 5) is 16.4. The van der Waals surface area contributed by atoms with Crippen LogP contribution in [0.3, 0.4) is 0 Å². The Kier molecular flexibility index (Phi) is 4.91. The molecule has 1 N–H and O–H groups in total. The average Bonchev–Trinajstić information content (AvgIpc) is 2.93. The highest BCUT2D eigenvalue weighted by Crippen LogP contribution is 2.19. The van der Waals surface area contributed by atoms with Crippen LogP contribution in [0, 0.1) is 6.92 Å². The third-order valence-corrected chi connectivity index (χ3v) is 4.04. The molecule has 1 amide bonds. The molecule has 0 aliphatic heterocycles. The first-order chi connectivity index (χ1) is 11.7. The summed E-state index contributed by atoms with van der Waals surface area (Å²) in [5, 5.41) is 2.85. The van der Waals surface area contributed by atoms with E-state index in [4.69, 9.17) is 4.74 Å². The number of carbonyl (C=O) groups excluding carboxylic acids is 1. The number of hydrogen-bond acceptors (Lipinski definition) is 3. The summed E-state index contributed by atoms with van der Waals surface area (Å²) < 4.78 is 7.01. The van der Waals surface area contributed by atoms with Crippen molar-refractivity contribution in [1.29, 1.82) is 0 Å². The lowest BCUT2D eigenvalue weighted by atomic mass is 10.1. The van der Waals surface area contributed by atoms with Crippen molar-refractivity contribution >= 4 is 16.9 Å². The van der Waals surface area contributed by atoms with Crippen LogP contribution in [0.15, 0.2) is 48.5 Å². The number of imidazole rings is 1. The van der Waals surface area contributed by atoms with Gasteiger partial charge in [-0.25, -0.2) is 4.98 Å². The molecule has 0 saturated heterocycles. The lowest BCUT2D eigenvalue weighted by Crippen LogP contribution is -2.28. The summed E-state index contributed by atoms with van der Waals surface area (Å²) in [5.74, 6) is 0.691. The molecule has 1 heterocycles. The number of aryl methyl sites for hydroxylation is 1. The molecule has 3 rings (SSSR count). The summed E-state index contributed by atoms with van der Waals surface area (Å²) >= 11 is 0. The van der Waals surface area contributed by atoms with Crippen LogP contribution >= 0.6 is 0 Å². The van der Waals surface area contributed by atoms with Gasteiger partial charge in [0.05, 0.1) is 17.6 Å². The normalized spacial score (nSPS) is 10.9. The molecule has 5 nitrogen and oxygen atoms in total. The number of amides is 1. The topological polar surface area (TPSA) is 56.1 Å². The minimum absolute atomic E-state index is 0.0536. The SMILES string of the molecule is COCC(=O)NCc1nc2ccccc2n1Cc1ccccc1C. The van der Waals surface area contributed by atoms with Crippen LogP contribution in [-0.2, 0) is 22.6 Å². The molecule has 24 heavy (non-hydrogen) atoms. The van der Waals surface area contributed by atoms with Crippen molar-refractivity contribution in [3.8, 4) is 0 Å². The lowest BCUT2D eigenvalue weighted by Gasteiger charge is -2.12. The van der Waals surface area contributed by atoms with E-state index in [1.807, 2.05) is 30.3 Å². The van der Waals surface area contributed by atoms with Gasteiger partial charge in [0.25, 0.3) is 0 Å². The number of benzene rings is 2. The van der Waals surface area contributed by atoms with Crippen LogP contribution in [0.25, 0.3) is 11.0 Å². The highest BCUT2D eigenvalue weighted by Gasteiger charge is 2.12. The Hall–Kier alpha value is -2.66. The second-order valence-electron chi connectivity index (χ2n) is 5.74. The first-order valence-electron chi connectivity index (χ1n) is 7.93. The summed E-state index contributed by atoms with van der Waals surface area (Å²) in [5.41, 5.74) is 4.48. The predicted molar refractivity (Wildman–Crippen MR) is 93.7 cm³/mol. The van der Waals surface area contributed by atoms with Gasteiger partial charge >= 0.3 is 0 Å². The average molecular weight is 323 g/mol. The minimum Gasteiger partial charge on any atom is -0.375 e. The summed E-state index contributed by atoms with van der Waals surface area (Å²) in [7, 11) is 1.51. The van der Waals surface area contributed by atoms with Gasteiger partial charge < -0.3 is 14.6 Å². The number of ether oxygens (including phenoxy) is 1. The van der Waals surface area contributed by atoms with Crippen LogP contribution in [0.5, 0.6) is 0 Å². The van der Waals surface area contributed by atoms with E-state index in [2.05, 4.69) is 40.0 Å². The molecule has 3 aromatic rings. The van der Waals surface area contributed by atoms with E-state index in [-0.39, 0.29) is 12.5 Å². The molecule has 0 saturated carbocycles. The molecular formula is C19H21N3O2. The molecular weight excluding hydrogens is 302 g/mol. The third kappa shape index (κ3) is 3.46. The number of hydrogen-bond donors (Lipinski definition) is 1. The molecule has 0 unspecified atom stereocenters. The number of aromatic nitrogens is 2. The maximum absolute atomic E-state index is 11.7. The smallest absolute Gasteiger partial charge is 0.246 e. The zero-order valence-electron chi connectivity index (χ0n) is 14.0. The van der Waals surface area contributed by atoms with E-state index in [0.717, 1.165) is 23.4 Å². The van der Waals surface area contributed by atoms with E-state index >= 15 is 0 Å². The summed E-state index contributed by atoms with van der Waals surface area (Å²) in [6, 6.07) is 16.3. The fourth-order valence-corrected chi connectivity index (χ4v) is 2.75. The second kappa shape index (κ2) is 7.27. The number of carbonyl (C=O) groups is 1. The lowest BCUT2D eigenvalue weighted by molar-refractivity contribution is -0.124. The number of fused-ring (bicyclic) bond motifs is 1. The van der Waals surface area contributed by atoms with E-state index in [0.29, 0.717) is 6.54 Å². The Morgan fingerprint density at radius 3 is 2.71 bits per heavy atom. The number of methoxy groups -OCH3 is 1. The molecule has 124 valence electrons. The molecule has 1 aromatic heterocycles. The first kappa shape index (κ1) is 16.2. The Bertz CT molecular complexity index is 855. The van der Waals surface area contributed by atoms with Gasteiger partial charge in [0.1, 0.15) is 12.4 Å². The maximum Gasteiger partial charge on any atom is 0.246 e. The van der Waals surface area contributed by atoms with E-state index in [1.54, 1.807) is 0 Å². The van der Waals surface area contributed by atoms with Crippen molar-refractivity contribution in [1.82, 2.24) is 14.9 Å². The monoisotopic (exact) mass is 323 g/mol. The van der Waals surface area contributed by atoms with Gasteiger partial charge in [-0.15, -0.1) is 0 Å². The van der Waals surface area contributed by atoms with Crippen molar-refractivity contribution < 1.29 is 9.53 Å². The molecule has 2 aromatic carbocycles. The van der Waals surface area contributed by atoms with Crippen molar-refractivity contribution in [3.63, 3.8) is 0 Å². The Morgan fingerprint density at radius 1 is 1.17 bits per heavy atom. The van der Waals surface area contributed by atoms with Crippen molar-refractivity contribution in [2.24, 2.45) is 0 Å². The Labute approximate surface area is 141 Å².